The Morgan fingerprint density at radius 2 is 0.971 bits per heavy atom. The van der Waals surface area contributed by atoms with E-state index >= 15 is 0 Å². The van der Waals surface area contributed by atoms with Gasteiger partial charge in [0, 0.05) is 6.42 Å². The Hall–Kier alpha value is -2.05. The van der Waals surface area contributed by atoms with Gasteiger partial charge in [0.15, 0.2) is 12.6 Å². The number of aliphatic hydroxyl groups is 8. The maximum Gasteiger partial charge on any atom is 0.220 e. The van der Waals surface area contributed by atoms with Crippen LogP contribution in [0, 0.1) is 0 Å². The lowest BCUT2D eigenvalue weighted by Crippen LogP contribution is -2.65. The Morgan fingerprint density at radius 3 is 1.49 bits per heavy atom. The normalized spacial score (nSPS) is 26.7. The van der Waals surface area contributed by atoms with E-state index in [1.807, 2.05) is 6.08 Å². The Bertz CT molecular complexity index is 1330. The third kappa shape index (κ3) is 27.0. The van der Waals surface area contributed by atoms with Crippen LogP contribution in [-0.4, -0.2) is 140 Å². The van der Waals surface area contributed by atoms with E-state index in [1.165, 1.54) is 109 Å². The number of carbonyl (C=O) groups is 1. The van der Waals surface area contributed by atoms with Gasteiger partial charge in [-0.25, -0.2) is 0 Å². The van der Waals surface area contributed by atoms with Crippen molar-refractivity contribution in [2.75, 3.05) is 19.8 Å². The number of amides is 1. The molecular formula is C54H97NO13. The molecule has 0 aromatic heterocycles. The van der Waals surface area contributed by atoms with Crippen molar-refractivity contribution in [2.45, 2.75) is 267 Å². The summed E-state index contributed by atoms with van der Waals surface area (Å²) in [5.41, 5.74) is 0. The molecule has 2 rings (SSSR count). The number of rotatable bonds is 41. The highest BCUT2D eigenvalue weighted by Crippen LogP contribution is 2.30. The molecule has 1 amide bonds. The third-order valence-electron chi connectivity index (χ3n) is 13.0. The van der Waals surface area contributed by atoms with Gasteiger partial charge >= 0.3 is 0 Å². The minimum absolute atomic E-state index is 0.250. The van der Waals surface area contributed by atoms with Crippen LogP contribution in [0.25, 0.3) is 0 Å². The SMILES string of the molecule is CCCCCCC/C=C\C/C=C\C/C=C\CCCCCCCCCCC(=O)NC(COC1OC(CO)C(OC2OC(CO)C(O)C(O)C2O)C(O)C1O)C(O)/C=C/CCCCCCCCCCC. The van der Waals surface area contributed by atoms with Crippen molar-refractivity contribution in [2.24, 2.45) is 0 Å². The highest BCUT2D eigenvalue weighted by atomic mass is 16.7. The van der Waals surface area contributed by atoms with Crippen LogP contribution in [0.2, 0.25) is 0 Å². The molecule has 2 heterocycles. The van der Waals surface area contributed by atoms with E-state index in [0.29, 0.717) is 6.42 Å². The summed E-state index contributed by atoms with van der Waals surface area (Å²) in [6.45, 7) is 2.74. The van der Waals surface area contributed by atoms with E-state index in [2.05, 4.69) is 55.6 Å². The van der Waals surface area contributed by atoms with Crippen LogP contribution in [0.5, 0.6) is 0 Å². The van der Waals surface area contributed by atoms with Gasteiger partial charge < -0.3 is 65.1 Å². The lowest BCUT2D eigenvalue weighted by atomic mass is 9.97. The molecule has 14 heteroatoms. The minimum atomic E-state index is -1.79. The van der Waals surface area contributed by atoms with Crippen molar-refractivity contribution >= 4 is 5.91 Å². The first-order chi connectivity index (χ1) is 33.1. The molecule has 396 valence electrons. The predicted molar refractivity (Wildman–Crippen MR) is 267 cm³/mol. The molecule has 2 aliphatic rings. The van der Waals surface area contributed by atoms with E-state index in [0.717, 1.165) is 57.8 Å². The van der Waals surface area contributed by atoms with E-state index < -0.39 is 86.8 Å². The molecule has 68 heavy (non-hydrogen) atoms. The molecule has 0 aromatic carbocycles. The molecule has 0 aromatic rings. The average molecular weight is 968 g/mol. The van der Waals surface area contributed by atoms with E-state index in [-0.39, 0.29) is 18.9 Å². The predicted octanol–water partition coefficient (Wildman–Crippen LogP) is 7.66. The lowest BCUT2D eigenvalue weighted by Gasteiger charge is -2.46. The Kier molecular flexibility index (Phi) is 37.0. The number of ether oxygens (including phenoxy) is 4. The topological polar surface area (TPSA) is 228 Å². The number of hydrogen-bond acceptors (Lipinski definition) is 13. The first-order valence-corrected chi connectivity index (χ1v) is 26.9. The Morgan fingerprint density at radius 1 is 0.529 bits per heavy atom. The van der Waals surface area contributed by atoms with Crippen LogP contribution in [0.1, 0.15) is 194 Å². The fourth-order valence-electron chi connectivity index (χ4n) is 8.59. The second-order valence-electron chi connectivity index (χ2n) is 19.0. The van der Waals surface area contributed by atoms with Gasteiger partial charge in [-0.15, -0.1) is 0 Å². The molecule has 9 N–H and O–H groups in total. The van der Waals surface area contributed by atoms with Crippen LogP contribution in [0.4, 0.5) is 0 Å². The molecule has 2 fully saturated rings. The molecule has 0 aliphatic carbocycles. The number of hydrogen-bond donors (Lipinski definition) is 9. The first kappa shape index (κ1) is 62.1. The summed E-state index contributed by atoms with van der Waals surface area (Å²) in [6, 6.07) is -0.918. The highest BCUT2D eigenvalue weighted by Gasteiger charge is 2.51. The van der Waals surface area contributed by atoms with Crippen molar-refractivity contribution < 1.29 is 64.6 Å². The van der Waals surface area contributed by atoms with Gasteiger partial charge in [0.05, 0.1) is 32.0 Å². The molecule has 2 saturated heterocycles. The molecule has 0 saturated carbocycles. The Labute approximate surface area is 410 Å². The van der Waals surface area contributed by atoms with Gasteiger partial charge in [0.25, 0.3) is 0 Å². The van der Waals surface area contributed by atoms with Crippen LogP contribution in [0.3, 0.4) is 0 Å². The zero-order valence-corrected chi connectivity index (χ0v) is 42.1. The number of allylic oxidation sites excluding steroid dienone is 7. The van der Waals surface area contributed by atoms with Crippen molar-refractivity contribution in [1.29, 1.82) is 0 Å². The second kappa shape index (κ2) is 40.5. The number of nitrogens with one attached hydrogen (secondary N) is 1. The van der Waals surface area contributed by atoms with Crippen LogP contribution in [0.15, 0.2) is 48.6 Å². The molecule has 12 atom stereocenters. The van der Waals surface area contributed by atoms with Gasteiger partial charge in [-0.1, -0.05) is 178 Å². The maximum absolute atomic E-state index is 13.2. The maximum atomic E-state index is 13.2. The monoisotopic (exact) mass is 968 g/mol. The number of carbonyl (C=O) groups excluding carboxylic acids is 1. The Balaban J connectivity index is 1.78. The van der Waals surface area contributed by atoms with Gasteiger partial charge in [-0.2, -0.15) is 0 Å². The zero-order chi connectivity index (χ0) is 49.6. The van der Waals surface area contributed by atoms with Crippen molar-refractivity contribution in [3.05, 3.63) is 48.6 Å². The van der Waals surface area contributed by atoms with Gasteiger partial charge in [-0.3, -0.25) is 4.79 Å². The summed E-state index contributed by atoms with van der Waals surface area (Å²) in [7, 11) is 0. The summed E-state index contributed by atoms with van der Waals surface area (Å²) in [4.78, 5) is 13.2. The average Bonchev–Trinajstić information content (AvgIpc) is 3.34. The summed E-state index contributed by atoms with van der Waals surface area (Å²) in [6.07, 6.45) is 31.5. The summed E-state index contributed by atoms with van der Waals surface area (Å²) >= 11 is 0. The van der Waals surface area contributed by atoms with Crippen molar-refractivity contribution in [3.8, 4) is 0 Å². The van der Waals surface area contributed by atoms with Crippen molar-refractivity contribution in [1.82, 2.24) is 5.32 Å². The van der Waals surface area contributed by atoms with Crippen LogP contribution < -0.4 is 5.32 Å². The molecule has 12 unspecified atom stereocenters. The molecular weight excluding hydrogens is 871 g/mol. The highest BCUT2D eigenvalue weighted by molar-refractivity contribution is 5.76. The smallest absolute Gasteiger partial charge is 0.220 e. The number of aliphatic hydroxyl groups excluding tert-OH is 8. The van der Waals surface area contributed by atoms with E-state index in [9.17, 15) is 45.6 Å². The molecule has 0 bridgehead atoms. The summed E-state index contributed by atoms with van der Waals surface area (Å²) in [5.74, 6) is -0.250. The number of unbranched alkanes of at least 4 members (excludes halogenated alkanes) is 22. The van der Waals surface area contributed by atoms with Gasteiger partial charge in [0.2, 0.25) is 5.91 Å². The first-order valence-electron chi connectivity index (χ1n) is 26.9. The summed E-state index contributed by atoms with van der Waals surface area (Å²) < 4.78 is 22.7. The zero-order valence-electron chi connectivity index (χ0n) is 42.1. The molecule has 0 spiro atoms. The third-order valence-corrected chi connectivity index (χ3v) is 13.0. The van der Waals surface area contributed by atoms with E-state index in [4.69, 9.17) is 18.9 Å². The quantitative estimate of drug-likeness (QED) is 0.0212. The molecule has 2 aliphatic heterocycles. The van der Waals surface area contributed by atoms with Gasteiger partial charge in [0.1, 0.15) is 48.8 Å². The minimum Gasteiger partial charge on any atom is -0.394 e. The van der Waals surface area contributed by atoms with Gasteiger partial charge in [-0.05, 0) is 57.8 Å². The molecule has 0 radical (unpaired) electrons. The lowest BCUT2D eigenvalue weighted by molar-refractivity contribution is -0.359. The largest absolute Gasteiger partial charge is 0.394 e. The second-order valence-corrected chi connectivity index (χ2v) is 19.0. The van der Waals surface area contributed by atoms with Crippen molar-refractivity contribution in [3.63, 3.8) is 0 Å². The molecule has 14 nitrogen and oxygen atoms in total. The van der Waals surface area contributed by atoms with Crippen LogP contribution >= 0.6 is 0 Å². The van der Waals surface area contributed by atoms with Crippen LogP contribution in [-0.2, 0) is 23.7 Å². The van der Waals surface area contributed by atoms with E-state index in [1.54, 1.807) is 6.08 Å². The fraction of sp³-hybridized carbons (Fsp3) is 0.833. The summed E-state index contributed by atoms with van der Waals surface area (Å²) in [5, 5.41) is 86.7. The standard InChI is InChI=1S/C54H97NO13/c1-3-5-7-9-11-13-15-16-17-18-19-20-21-22-23-24-25-26-28-30-32-34-36-38-46(59)55-42(43(58)37-35-33-31-29-27-14-12-10-8-6-4-2)41-65-53-51(64)49(62)52(45(40-57)67-53)68-54-50(63)48(61)47(60)44(39-56)66-54/h15-16,18-19,21-22,35,37,42-45,47-54,56-58,60-64H,3-14,17,20,23-34,36,38-41H2,1-2H3,(H,55,59)/b16-15-,19-18-,22-21-,37-35+. The fourth-order valence-corrected chi connectivity index (χ4v) is 8.59.